The SMILES string of the molecule is Cc1ccccc1CSCC(=O)Nc1nnc(C(C)C)o1. The molecule has 0 bridgehead atoms. The highest BCUT2D eigenvalue weighted by molar-refractivity contribution is 7.99. The van der Waals surface area contributed by atoms with Crippen molar-refractivity contribution in [2.24, 2.45) is 0 Å². The first kappa shape index (κ1) is 15.6. The molecule has 0 aliphatic rings. The number of aromatic nitrogens is 2. The normalized spacial score (nSPS) is 10.9. The van der Waals surface area contributed by atoms with Crippen LogP contribution in [0.5, 0.6) is 0 Å². The van der Waals surface area contributed by atoms with Gasteiger partial charge in [-0.15, -0.1) is 16.9 Å². The van der Waals surface area contributed by atoms with Crippen molar-refractivity contribution in [2.45, 2.75) is 32.4 Å². The minimum absolute atomic E-state index is 0.132. The molecular formula is C15H19N3O2S. The molecule has 0 unspecified atom stereocenters. The highest BCUT2D eigenvalue weighted by Gasteiger charge is 2.12. The third-order valence-corrected chi connectivity index (χ3v) is 3.91. The molecule has 5 nitrogen and oxygen atoms in total. The Morgan fingerprint density at radius 2 is 2.10 bits per heavy atom. The van der Waals surface area contributed by atoms with Gasteiger partial charge in [0, 0.05) is 11.7 Å². The number of hydrogen-bond acceptors (Lipinski definition) is 5. The van der Waals surface area contributed by atoms with Gasteiger partial charge in [-0.1, -0.05) is 43.2 Å². The molecule has 1 N–H and O–H groups in total. The van der Waals surface area contributed by atoms with Gasteiger partial charge in [0.2, 0.25) is 11.8 Å². The van der Waals surface area contributed by atoms with E-state index in [1.807, 2.05) is 26.0 Å². The molecule has 0 spiro atoms. The van der Waals surface area contributed by atoms with Gasteiger partial charge in [0.25, 0.3) is 0 Å². The van der Waals surface area contributed by atoms with Gasteiger partial charge in [-0.25, -0.2) is 0 Å². The Balaban J connectivity index is 1.78. The maximum absolute atomic E-state index is 11.8. The monoisotopic (exact) mass is 305 g/mol. The van der Waals surface area contributed by atoms with E-state index in [0.29, 0.717) is 11.6 Å². The van der Waals surface area contributed by atoms with E-state index in [4.69, 9.17) is 4.42 Å². The molecule has 0 radical (unpaired) electrons. The summed E-state index contributed by atoms with van der Waals surface area (Å²) in [5.41, 5.74) is 2.49. The van der Waals surface area contributed by atoms with E-state index in [1.54, 1.807) is 11.8 Å². The number of anilines is 1. The van der Waals surface area contributed by atoms with Gasteiger partial charge in [0.15, 0.2) is 0 Å². The summed E-state index contributed by atoms with van der Waals surface area (Å²) in [7, 11) is 0. The zero-order valence-corrected chi connectivity index (χ0v) is 13.2. The Labute approximate surface area is 128 Å². The van der Waals surface area contributed by atoms with E-state index in [0.717, 1.165) is 5.75 Å². The van der Waals surface area contributed by atoms with Gasteiger partial charge in [-0.3, -0.25) is 10.1 Å². The third-order valence-electron chi connectivity index (χ3n) is 2.93. The van der Waals surface area contributed by atoms with Crippen molar-refractivity contribution in [2.75, 3.05) is 11.1 Å². The molecule has 1 aromatic heterocycles. The smallest absolute Gasteiger partial charge is 0.322 e. The second kappa shape index (κ2) is 7.26. The van der Waals surface area contributed by atoms with Gasteiger partial charge in [0.1, 0.15) is 0 Å². The molecule has 2 aromatic rings. The van der Waals surface area contributed by atoms with Crippen LogP contribution >= 0.6 is 11.8 Å². The topological polar surface area (TPSA) is 68.0 Å². The van der Waals surface area contributed by atoms with Crippen LogP contribution in [0, 0.1) is 6.92 Å². The van der Waals surface area contributed by atoms with E-state index in [-0.39, 0.29) is 17.8 Å². The van der Waals surface area contributed by atoms with Crippen LogP contribution in [-0.2, 0) is 10.5 Å². The van der Waals surface area contributed by atoms with Gasteiger partial charge in [-0.2, -0.15) is 0 Å². The number of thioether (sulfide) groups is 1. The van der Waals surface area contributed by atoms with Gasteiger partial charge < -0.3 is 4.42 Å². The first-order valence-corrected chi connectivity index (χ1v) is 7.97. The van der Waals surface area contributed by atoms with Crippen LogP contribution in [-0.4, -0.2) is 21.9 Å². The van der Waals surface area contributed by atoms with E-state index >= 15 is 0 Å². The van der Waals surface area contributed by atoms with Gasteiger partial charge in [-0.05, 0) is 18.1 Å². The maximum atomic E-state index is 11.8. The van der Waals surface area contributed by atoms with Crippen molar-refractivity contribution < 1.29 is 9.21 Å². The summed E-state index contributed by atoms with van der Waals surface area (Å²) in [6.07, 6.45) is 0. The fourth-order valence-electron chi connectivity index (χ4n) is 1.70. The number of benzene rings is 1. The Kier molecular flexibility index (Phi) is 5.38. The second-order valence-corrected chi connectivity index (χ2v) is 6.05. The number of carbonyl (C=O) groups is 1. The molecule has 0 aliphatic heterocycles. The van der Waals surface area contributed by atoms with Crippen molar-refractivity contribution in [3.05, 3.63) is 41.3 Å². The molecule has 1 amide bonds. The molecule has 0 fully saturated rings. The van der Waals surface area contributed by atoms with Gasteiger partial charge in [0.05, 0.1) is 5.75 Å². The molecule has 0 saturated heterocycles. The lowest BCUT2D eigenvalue weighted by Gasteiger charge is -2.04. The minimum Gasteiger partial charge on any atom is -0.408 e. The molecular weight excluding hydrogens is 286 g/mol. The summed E-state index contributed by atoms with van der Waals surface area (Å²) >= 11 is 1.56. The highest BCUT2D eigenvalue weighted by Crippen LogP contribution is 2.17. The molecule has 0 atom stereocenters. The molecule has 1 heterocycles. The fourth-order valence-corrected chi connectivity index (χ4v) is 2.60. The van der Waals surface area contributed by atoms with Crippen LogP contribution < -0.4 is 5.32 Å². The Morgan fingerprint density at radius 1 is 1.33 bits per heavy atom. The molecule has 112 valence electrons. The number of rotatable bonds is 6. The highest BCUT2D eigenvalue weighted by atomic mass is 32.2. The lowest BCUT2D eigenvalue weighted by atomic mass is 10.1. The van der Waals surface area contributed by atoms with Crippen LogP contribution in [0.1, 0.15) is 36.8 Å². The predicted octanol–water partition coefficient (Wildman–Crippen LogP) is 3.37. The number of aryl methyl sites for hydroxylation is 1. The molecule has 2 rings (SSSR count). The summed E-state index contributed by atoms with van der Waals surface area (Å²) in [5, 5.41) is 10.3. The average Bonchev–Trinajstić information content (AvgIpc) is 2.89. The number of amides is 1. The van der Waals surface area contributed by atoms with E-state index < -0.39 is 0 Å². The second-order valence-electron chi connectivity index (χ2n) is 5.07. The standard InChI is InChI=1S/C15H19N3O2S/c1-10(2)14-17-18-15(20-14)16-13(19)9-21-8-12-7-5-4-6-11(12)3/h4-7,10H,8-9H2,1-3H3,(H,16,18,19). The average molecular weight is 305 g/mol. The van der Waals surface area contributed by atoms with Crippen molar-refractivity contribution in [1.29, 1.82) is 0 Å². The molecule has 0 aliphatic carbocycles. The molecule has 21 heavy (non-hydrogen) atoms. The van der Waals surface area contributed by atoms with Gasteiger partial charge >= 0.3 is 6.01 Å². The number of nitrogens with zero attached hydrogens (tertiary/aromatic N) is 2. The Hall–Kier alpha value is -1.82. The lowest BCUT2D eigenvalue weighted by molar-refractivity contribution is -0.113. The van der Waals surface area contributed by atoms with Crippen LogP contribution in [0.15, 0.2) is 28.7 Å². The van der Waals surface area contributed by atoms with Crippen LogP contribution in [0.3, 0.4) is 0 Å². The number of nitrogens with one attached hydrogen (secondary N) is 1. The summed E-state index contributed by atoms with van der Waals surface area (Å²) < 4.78 is 5.34. The summed E-state index contributed by atoms with van der Waals surface area (Å²) in [4.78, 5) is 11.8. The fraction of sp³-hybridized carbons (Fsp3) is 0.400. The first-order valence-electron chi connectivity index (χ1n) is 6.81. The molecule has 1 aromatic carbocycles. The quantitative estimate of drug-likeness (QED) is 0.886. The summed E-state index contributed by atoms with van der Waals surface area (Å²) in [5.74, 6) is 1.71. The molecule has 6 heteroatoms. The van der Waals surface area contributed by atoms with E-state index in [1.165, 1.54) is 11.1 Å². The lowest BCUT2D eigenvalue weighted by Crippen LogP contribution is -2.14. The Morgan fingerprint density at radius 3 is 2.76 bits per heavy atom. The zero-order chi connectivity index (χ0) is 15.2. The van der Waals surface area contributed by atoms with Crippen molar-refractivity contribution in [1.82, 2.24) is 10.2 Å². The van der Waals surface area contributed by atoms with Crippen molar-refractivity contribution >= 4 is 23.7 Å². The zero-order valence-electron chi connectivity index (χ0n) is 12.4. The Bertz CT molecular complexity index is 610. The largest absolute Gasteiger partial charge is 0.408 e. The van der Waals surface area contributed by atoms with Crippen LogP contribution in [0.4, 0.5) is 6.01 Å². The molecule has 0 saturated carbocycles. The summed E-state index contributed by atoms with van der Waals surface area (Å²) in [6, 6.07) is 8.34. The first-order chi connectivity index (χ1) is 10.1. The van der Waals surface area contributed by atoms with Crippen molar-refractivity contribution in [3.63, 3.8) is 0 Å². The number of carbonyl (C=O) groups excluding carboxylic acids is 1. The maximum Gasteiger partial charge on any atom is 0.322 e. The van der Waals surface area contributed by atoms with Crippen LogP contribution in [0.2, 0.25) is 0 Å². The van der Waals surface area contributed by atoms with Crippen molar-refractivity contribution in [3.8, 4) is 0 Å². The third kappa shape index (κ3) is 4.60. The van der Waals surface area contributed by atoms with E-state index in [2.05, 4.69) is 34.6 Å². The minimum atomic E-state index is -0.132. The predicted molar refractivity (Wildman–Crippen MR) is 84.4 cm³/mol. The number of hydrogen-bond donors (Lipinski definition) is 1. The van der Waals surface area contributed by atoms with E-state index in [9.17, 15) is 4.79 Å². The summed E-state index contributed by atoms with van der Waals surface area (Å²) in [6.45, 7) is 5.98. The van der Waals surface area contributed by atoms with Crippen LogP contribution in [0.25, 0.3) is 0 Å².